The maximum Gasteiger partial charge on any atom is 0.226 e. The SMILES string of the molecule is NC(=O)C1CCN(C(=O)C2CC23CCCc2ccccc23)CC1. The lowest BCUT2D eigenvalue weighted by Gasteiger charge is -2.32. The molecular formula is C19H24N2O2. The summed E-state index contributed by atoms with van der Waals surface area (Å²) in [6.45, 7) is 1.36. The number of fused-ring (bicyclic) bond motifs is 2. The van der Waals surface area contributed by atoms with Gasteiger partial charge in [-0.1, -0.05) is 24.3 Å². The van der Waals surface area contributed by atoms with Crippen molar-refractivity contribution < 1.29 is 9.59 Å². The van der Waals surface area contributed by atoms with E-state index >= 15 is 0 Å². The van der Waals surface area contributed by atoms with Crippen molar-refractivity contribution >= 4 is 11.8 Å². The Morgan fingerprint density at radius 2 is 1.91 bits per heavy atom. The van der Waals surface area contributed by atoms with E-state index in [1.165, 1.54) is 17.5 Å². The van der Waals surface area contributed by atoms with E-state index in [1.54, 1.807) is 0 Å². The summed E-state index contributed by atoms with van der Waals surface area (Å²) in [4.78, 5) is 26.2. The molecule has 1 heterocycles. The molecule has 2 atom stereocenters. The third kappa shape index (κ3) is 2.35. The molecule has 1 spiro atoms. The molecule has 1 aromatic rings. The summed E-state index contributed by atoms with van der Waals surface area (Å²) in [6, 6.07) is 8.64. The van der Waals surface area contributed by atoms with Gasteiger partial charge >= 0.3 is 0 Å². The second kappa shape index (κ2) is 5.36. The van der Waals surface area contributed by atoms with Crippen molar-refractivity contribution in [1.82, 2.24) is 4.90 Å². The van der Waals surface area contributed by atoms with Gasteiger partial charge in [0.15, 0.2) is 0 Å². The van der Waals surface area contributed by atoms with E-state index in [2.05, 4.69) is 24.3 Å². The van der Waals surface area contributed by atoms with Crippen LogP contribution in [-0.4, -0.2) is 29.8 Å². The smallest absolute Gasteiger partial charge is 0.226 e. The minimum absolute atomic E-state index is 0.0531. The van der Waals surface area contributed by atoms with Crippen molar-refractivity contribution in [3.8, 4) is 0 Å². The lowest BCUT2D eigenvalue weighted by molar-refractivity contribution is -0.136. The summed E-state index contributed by atoms with van der Waals surface area (Å²) in [6.07, 6.45) is 5.90. The first-order valence-electron chi connectivity index (χ1n) is 8.78. The largest absolute Gasteiger partial charge is 0.369 e. The maximum atomic E-state index is 12.9. The Morgan fingerprint density at radius 3 is 2.65 bits per heavy atom. The van der Waals surface area contributed by atoms with Crippen LogP contribution in [0.1, 0.15) is 43.2 Å². The van der Waals surface area contributed by atoms with E-state index < -0.39 is 0 Å². The quantitative estimate of drug-likeness (QED) is 0.908. The summed E-state index contributed by atoms with van der Waals surface area (Å²) >= 11 is 0. The molecule has 3 aliphatic rings. The molecule has 4 rings (SSSR count). The van der Waals surface area contributed by atoms with Gasteiger partial charge in [0.05, 0.1) is 0 Å². The first kappa shape index (κ1) is 14.7. The van der Waals surface area contributed by atoms with Crippen LogP contribution in [0, 0.1) is 11.8 Å². The highest BCUT2D eigenvalue weighted by atomic mass is 16.2. The summed E-state index contributed by atoms with van der Waals surface area (Å²) in [7, 11) is 0. The Bertz CT molecular complexity index is 649. The third-order valence-electron chi connectivity index (χ3n) is 6.21. The van der Waals surface area contributed by atoms with Gasteiger partial charge in [-0.15, -0.1) is 0 Å². The van der Waals surface area contributed by atoms with Gasteiger partial charge in [-0.2, -0.15) is 0 Å². The topological polar surface area (TPSA) is 63.4 Å². The molecule has 0 aromatic heterocycles. The lowest BCUT2D eigenvalue weighted by Crippen LogP contribution is -2.43. The van der Waals surface area contributed by atoms with Crippen molar-refractivity contribution in [2.75, 3.05) is 13.1 Å². The van der Waals surface area contributed by atoms with Gasteiger partial charge in [0.25, 0.3) is 0 Å². The van der Waals surface area contributed by atoms with E-state index in [9.17, 15) is 9.59 Å². The summed E-state index contributed by atoms with van der Waals surface area (Å²) < 4.78 is 0. The first-order chi connectivity index (χ1) is 11.1. The van der Waals surface area contributed by atoms with Crippen molar-refractivity contribution in [2.45, 2.75) is 43.9 Å². The standard InChI is InChI=1S/C19H24N2O2/c20-17(22)14-7-10-21(11-8-14)18(23)16-12-19(16)9-3-5-13-4-1-2-6-15(13)19/h1-2,4,6,14,16H,3,5,7-12H2,(H2,20,22). The Morgan fingerprint density at radius 1 is 1.17 bits per heavy atom. The summed E-state index contributed by atoms with van der Waals surface area (Å²) in [5, 5.41) is 0. The average molecular weight is 312 g/mol. The number of primary amides is 1. The van der Waals surface area contributed by atoms with E-state index in [0.717, 1.165) is 32.1 Å². The number of nitrogens with zero attached hydrogens (tertiary/aromatic N) is 1. The molecule has 1 aliphatic heterocycles. The van der Waals surface area contributed by atoms with Crippen LogP contribution in [0.5, 0.6) is 0 Å². The average Bonchev–Trinajstić information content (AvgIpc) is 3.29. The van der Waals surface area contributed by atoms with E-state index in [-0.39, 0.29) is 23.2 Å². The van der Waals surface area contributed by atoms with Crippen molar-refractivity contribution in [1.29, 1.82) is 0 Å². The van der Waals surface area contributed by atoms with Crippen molar-refractivity contribution in [3.05, 3.63) is 35.4 Å². The fourth-order valence-electron chi connectivity index (χ4n) is 4.76. The van der Waals surface area contributed by atoms with Gasteiger partial charge in [0.2, 0.25) is 11.8 Å². The molecule has 122 valence electrons. The molecule has 2 unspecified atom stereocenters. The maximum absolute atomic E-state index is 12.9. The van der Waals surface area contributed by atoms with Crippen LogP contribution in [0.3, 0.4) is 0 Å². The van der Waals surface area contributed by atoms with E-state index in [4.69, 9.17) is 5.73 Å². The molecule has 0 bridgehead atoms. The molecular weight excluding hydrogens is 288 g/mol. The van der Waals surface area contributed by atoms with Crippen molar-refractivity contribution in [2.24, 2.45) is 17.6 Å². The molecule has 2 aliphatic carbocycles. The van der Waals surface area contributed by atoms with E-state index in [0.29, 0.717) is 19.0 Å². The number of piperidine rings is 1. The highest BCUT2D eigenvalue weighted by Gasteiger charge is 2.60. The number of hydrogen-bond donors (Lipinski definition) is 1. The summed E-state index contributed by atoms with van der Waals surface area (Å²) in [5.74, 6) is 0.169. The molecule has 1 saturated carbocycles. The van der Waals surface area contributed by atoms with Gasteiger partial charge in [0, 0.05) is 30.3 Å². The molecule has 4 heteroatoms. The Hall–Kier alpha value is -1.84. The monoisotopic (exact) mass is 312 g/mol. The Kier molecular flexibility index (Phi) is 3.43. The zero-order valence-electron chi connectivity index (χ0n) is 13.5. The number of hydrogen-bond acceptors (Lipinski definition) is 2. The number of carbonyl (C=O) groups is 2. The van der Waals surface area contributed by atoms with Crippen LogP contribution in [0.25, 0.3) is 0 Å². The Balaban J connectivity index is 1.48. The number of benzene rings is 1. The van der Waals surface area contributed by atoms with Crippen LogP contribution >= 0.6 is 0 Å². The van der Waals surface area contributed by atoms with Crippen LogP contribution in [-0.2, 0) is 21.4 Å². The number of amides is 2. The number of carbonyl (C=O) groups excluding carboxylic acids is 2. The van der Waals surface area contributed by atoms with Crippen LogP contribution in [0.4, 0.5) is 0 Å². The molecule has 1 saturated heterocycles. The highest BCUT2D eigenvalue weighted by Crippen LogP contribution is 2.60. The second-order valence-corrected chi connectivity index (χ2v) is 7.43. The van der Waals surface area contributed by atoms with Gasteiger partial charge in [-0.05, 0) is 49.7 Å². The molecule has 2 amide bonds. The highest BCUT2D eigenvalue weighted by molar-refractivity contribution is 5.85. The van der Waals surface area contributed by atoms with Gasteiger partial charge < -0.3 is 10.6 Å². The summed E-state index contributed by atoms with van der Waals surface area (Å²) in [5.41, 5.74) is 8.33. The van der Waals surface area contributed by atoms with Crippen LogP contribution < -0.4 is 5.73 Å². The van der Waals surface area contributed by atoms with Gasteiger partial charge in [-0.25, -0.2) is 0 Å². The van der Waals surface area contributed by atoms with Crippen molar-refractivity contribution in [3.63, 3.8) is 0 Å². The molecule has 2 N–H and O–H groups in total. The minimum atomic E-state index is -0.221. The van der Waals surface area contributed by atoms with Crippen LogP contribution in [0.15, 0.2) is 24.3 Å². The Labute approximate surface area is 137 Å². The zero-order valence-corrected chi connectivity index (χ0v) is 13.5. The predicted molar refractivity (Wildman–Crippen MR) is 87.7 cm³/mol. The molecule has 1 aromatic carbocycles. The third-order valence-corrected chi connectivity index (χ3v) is 6.21. The number of rotatable bonds is 2. The lowest BCUT2D eigenvalue weighted by atomic mass is 9.78. The van der Waals surface area contributed by atoms with Gasteiger partial charge in [0.1, 0.15) is 0 Å². The molecule has 4 nitrogen and oxygen atoms in total. The zero-order chi connectivity index (χ0) is 16.0. The number of likely N-dealkylation sites (tertiary alicyclic amines) is 1. The van der Waals surface area contributed by atoms with E-state index in [1.807, 2.05) is 4.90 Å². The predicted octanol–water partition coefficient (Wildman–Crippen LogP) is 2.00. The number of aryl methyl sites for hydroxylation is 1. The fraction of sp³-hybridized carbons (Fsp3) is 0.579. The fourth-order valence-corrected chi connectivity index (χ4v) is 4.76. The molecule has 2 fully saturated rings. The normalized spacial score (nSPS) is 30.1. The van der Waals surface area contributed by atoms with Crippen LogP contribution in [0.2, 0.25) is 0 Å². The molecule has 0 radical (unpaired) electrons. The molecule has 23 heavy (non-hydrogen) atoms. The second-order valence-electron chi connectivity index (χ2n) is 7.43. The first-order valence-corrected chi connectivity index (χ1v) is 8.78. The number of nitrogens with two attached hydrogens (primary N) is 1. The van der Waals surface area contributed by atoms with Gasteiger partial charge in [-0.3, -0.25) is 9.59 Å². The minimum Gasteiger partial charge on any atom is -0.369 e.